The van der Waals surface area contributed by atoms with Gasteiger partial charge in [-0.05, 0) is 56.6 Å². The van der Waals surface area contributed by atoms with Gasteiger partial charge in [-0.3, -0.25) is 0 Å². The topological polar surface area (TPSA) is 45.2 Å². The monoisotopic (exact) mass is 398 g/mol. The number of methoxy groups -OCH3 is 2. The summed E-state index contributed by atoms with van der Waals surface area (Å²) in [5, 5.41) is 10.9. The Hall–Kier alpha value is -2.40. The van der Waals surface area contributed by atoms with E-state index in [-0.39, 0.29) is 11.7 Å². The molecule has 0 saturated carbocycles. The number of nitrogens with zero attached hydrogens (tertiary/aromatic N) is 2. The maximum atomic E-state index is 10.9. The highest BCUT2D eigenvalue weighted by Gasteiger charge is 2.24. The Morgan fingerprint density at radius 2 is 1.69 bits per heavy atom. The van der Waals surface area contributed by atoms with E-state index in [0.29, 0.717) is 11.5 Å². The first kappa shape index (κ1) is 21.3. The lowest BCUT2D eigenvalue weighted by Gasteiger charge is -2.29. The third-order valence-electron chi connectivity index (χ3n) is 5.89. The molecule has 2 aromatic carbocycles. The highest BCUT2D eigenvalue weighted by atomic mass is 16.5. The SMILES string of the molecule is COc1cc(O)c([C@H](CCN2CCCCC2)c2ccc(N(C)C)cc2)c(OC)c1. The van der Waals surface area contributed by atoms with Crippen LogP contribution in [0.1, 0.15) is 42.7 Å². The molecule has 158 valence electrons. The molecule has 0 radical (unpaired) electrons. The maximum absolute atomic E-state index is 10.9. The molecule has 0 spiro atoms. The summed E-state index contributed by atoms with van der Waals surface area (Å²) >= 11 is 0. The van der Waals surface area contributed by atoms with Crippen molar-refractivity contribution in [2.75, 3.05) is 52.8 Å². The molecule has 1 aliphatic rings. The molecule has 0 unspecified atom stereocenters. The third-order valence-corrected chi connectivity index (χ3v) is 5.89. The van der Waals surface area contributed by atoms with Crippen molar-refractivity contribution in [2.24, 2.45) is 0 Å². The fourth-order valence-electron chi connectivity index (χ4n) is 4.20. The summed E-state index contributed by atoms with van der Waals surface area (Å²) in [4.78, 5) is 4.63. The molecular weight excluding hydrogens is 364 g/mol. The van der Waals surface area contributed by atoms with E-state index >= 15 is 0 Å². The van der Waals surface area contributed by atoms with Crippen molar-refractivity contribution in [1.82, 2.24) is 4.90 Å². The Morgan fingerprint density at radius 1 is 1.00 bits per heavy atom. The number of phenols is 1. The average Bonchev–Trinajstić information content (AvgIpc) is 2.75. The van der Waals surface area contributed by atoms with Crippen molar-refractivity contribution in [1.29, 1.82) is 0 Å². The zero-order chi connectivity index (χ0) is 20.8. The number of piperidine rings is 1. The number of likely N-dealkylation sites (tertiary alicyclic amines) is 1. The fourth-order valence-corrected chi connectivity index (χ4v) is 4.20. The van der Waals surface area contributed by atoms with Gasteiger partial charge in [0.25, 0.3) is 0 Å². The molecule has 0 bridgehead atoms. The predicted octanol–water partition coefficient (Wildman–Crippen LogP) is 4.48. The van der Waals surface area contributed by atoms with E-state index in [0.717, 1.165) is 37.3 Å². The fraction of sp³-hybridized carbons (Fsp3) is 0.500. The minimum absolute atomic E-state index is 0.0500. The van der Waals surface area contributed by atoms with E-state index in [2.05, 4.69) is 34.1 Å². The van der Waals surface area contributed by atoms with E-state index in [9.17, 15) is 5.11 Å². The van der Waals surface area contributed by atoms with Crippen LogP contribution in [0.5, 0.6) is 17.2 Å². The van der Waals surface area contributed by atoms with Crippen LogP contribution in [0.4, 0.5) is 5.69 Å². The average molecular weight is 399 g/mol. The number of hydrogen-bond donors (Lipinski definition) is 1. The molecule has 0 amide bonds. The molecule has 0 aliphatic carbocycles. The quantitative estimate of drug-likeness (QED) is 0.710. The molecule has 1 aliphatic heterocycles. The smallest absolute Gasteiger partial charge is 0.130 e. The second-order valence-electron chi connectivity index (χ2n) is 7.99. The van der Waals surface area contributed by atoms with Crippen LogP contribution in [0.3, 0.4) is 0 Å². The zero-order valence-electron chi connectivity index (χ0n) is 18.1. The van der Waals surface area contributed by atoms with Crippen LogP contribution >= 0.6 is 0 Å². The molecule has 0 aromatic heterocycles. The highest BCUT2D eigenvalue weighted by Crippen LogP contribution is 2.43. The van der Waals surface area contributed by atoms with E-state index < -0.39 is 0 Å². The van der Waals surface area contributed by atoms with Crippen LogP contribution in [0.15, 0.2) is 36.4 Å². The van der Waals surface area contributed by atoms with Gasteiger partial charge < -0.3 is 24.4 Å². The molecule has 1 N–H and O–H groups in total. The maximum Gasteiger partial charge on any atom is 0.130 e. The van der Waals surface area contributed by atoms with Gasteiger partial charge in [0.15, 0.2) is 0 Å². The number of anilines is 1. The number of ether oxygens (including phenoxy) is 2. The molecule has 2 aromatic rings. The van der Waals surface area contributed by atoms with Gasteiger partial charge in [0.1, 0.15) is 17.2 Å². The summed E-state index contributed by atoms with van der Waals surface area (Å²) in [6.45, 7) is 3.34. The van der Waals surface area contributed by atoms with Crippen molar-refractivity contribution in [3.63, 3.8) is 0 Å². The van der Waals surface area contributed by atoms with Crippen LogP contribution in [0, 0.1) is 0 Å². The summed E-state index contributed by atoms with van der Waals surface area (Å²) in [6, 6.07) is 12.1. The molecule has 1 atom stereocenters. The lowest BCUT2D eigenvalue weighted by atomic mass is 9.86. The number of rotatable bonds is 8. The summed E-state index contributed by atoms with van der Waals surface area (Å²) < 4.78 is 11.0. The standard InChI is InChI=1S/C24H34N2O3/c1-25(2)19-10-8-18(9-11-19)21(12-15-26-13-6-5-7-14-26)24-22(27)16-20(28-3)17-23(24)29-4/h8-11,16-17,21,27H,5-7,12-15H2,1-4H3/t21-/m1/s1. The lowest BCUT2D eigenvalue weighted by Crippen LogP contribution is -2.31. The summed E-state index contributed by atoms with van der Waals surface area (Å²) in [5.74, 6) is 1.54. The van der Waals surface area contributed by atoms with Crippen molar-refractivity contribution in [2.45, 2.75) is 31.6 Å². The van der Waals surface area contributed by atoms with Crippen LogP contribution in [0.2, 0.25) is 0 Å². The van der Waals surface area contributed by atoms with Crippen LogP contribution < -0.4 is 14.4 Å². The largest absolute Gasteiger partial charge is 0.507 e. The lowest BCUT2D eigenvalue weighted by molar-refractivity contribution is 0.223. The van der Waals surface area contributed by atoms with Gasteiger partial charge in [-0.25, -0.2) is 0 Å². The molecule has 29 heavy (non-hydrogen) atoms. The normalized spacial score (nSPS) is 15.7. The Morgan fingerprint density at radius 3 is 2.28 bits per heavy atom. The van der Waals surface area contributed by atoms with Gasteiger partial charge in [-0.1, -0.05) is 18.6 Å². The van der Waals surface area contributed by atoms with Gasteiger partial charge >= 0.3 is 0 Å². The Balaban J connectivity index is 1.95. The van der Waals surface area contributed by atoms with Crippen LogP contribution in [-0.4, -0.2) is 58.0 Å². The molecule has 5 nitrogen and oxygen atoms in total. The van der Waals surface area contributed by atoms with Crippen molar-refractivity contribution in [3.05, 3.63) is 47.5 Å². The number of phenolic OH excluding ortho intramolecular Hbond substituents is 1. The van der Waals surface area contributed by atoms with Crippen molar-refractivity contribution < 1.29 is 14.6 Å². The molecule has 1 heterocycles. The first-order valence-electron chi connectivity index (χ1n) is 10.5. The van der Waals surface area contributed by atoms with Gasteiger partial charge in [0.2, 0.25) is 0 Å². The summed E-state index contributed by atoms with van der Waals surface area (Å²) in [5.41, 5.74) is 3.18. The highest BCUT2D eigenvalue weighted by molar-refractivity contribution is 5.56. The van der Waals surface area contributed by atoms with E-state index in [1.807, 2.05) is 20.2 Å². The van der Waals surface area contributed by atoms with Gasteiger partial charge in [0, 0.05) is 43.4 Å². The Kier molecular flexibility index (Phi) is 7.26. The molecule has 3 rings (SSSR count). The second kappa shape index (κ2) is 9.88. The molecule has 5 heteroatoms. The van der Waals surface area contributed by atoms with Gasteiger partial charge in [-0.2, -0.15) is 0 Å². The summed E-state index contributed by atoms with van der Waals surface area (Å²) in [7, 11) is 7.33. The van der Waals surface area contributed by atoms with E-state index in [1.54, 1.807) is 20.3 Å². The van der Waals surface area contributed by atoms with Gasteiger partial charge in [-0.15, -0.1) is 0 Å². The number of aromatic hydroxyl groups is 1. The van der Waals surface area contributed by atoms with Crippen molar-refractivity contribution in [3.8, 4) is 17.2 Å². The predicted molar refractivity (Wildman–Crippen MR) is 119 cm³/mol. The first-order valence-corrected chi connectivity index (χ1v) is 10.5. The third kappa shape index (κ3) is 5.15. The van der Waals surface area contributed by atoms with Crippen LogP contribution in [0.25, 0.3) is 0 Å². The van der Waals surface area contributed by atoms with Crippen LogP contribution in [-0.2, 0) is 0 Å². The summed E-state index contributed by atoms with van der Waals surface area (Å²) in [6.07, 6.45) is 4.81. The zero-order valence-corrected chi connectivity index (χ0v) is 18.1. The van der Waals surface area contributed by atoms with Gasteiger partial charge in [0.05, 0.1) is 14.2 Å². The Bertz CT molecular complexity index is 783. The van der Waals surface area contributed by atoms with E-state index in [1.165, 1.54) is 24.8 Å². The minimum Gasteiger partial charge on any atom is -0.507 e. The minimum atomic E-state index is 0.0500. The second-order valence-corrected chi connectivity index (χ2v) is 7.99. The first-order chi connectivity index (χ1) is 14.0. The van der Waals surface area contributed by atoms with E-state index in [4.69, 9.17) is 9.47 Å². The number of hydrogen-bond acceptors (Lipinski definition) is 5. The Labute approximate surface area is 174 Å². The molecule has 1 saturated heterocycles. The number of benzene rings is 2. The molecular formula is C24H34N2O3. The molecule has 1 fully saturated rings. The van der Waals surface area contributed by atoms with Crippen molar-refractivity contribution >= 4 is 5.69 Å².